The van der Waals surface area contributed by atoms with E-state index in [1.165, 1.54) is 0 Å². The average Bonchev–Trinajstić information content (AvgIpc) is 2.88. The van der Waals surface area contributed by atoms with E-state index in [0.29, 0.717) is 17.1 Å². The fourth-order valence-corrected chi connectivity index (χ4v) is 4.84. The average molecular weight is 492 g/mol. The third-order valence-corrected chi connectivity index (χ3v) is 6.62. The number of hydrogen-bond acceptors (Lipinski definition) is 6. The first-order valence-corrected chi connectivity index (χ1v) is 12.1. The van der Waals surface area contributed by atoms with Crippen molar-refractivity contribution in [2.75, 3.05) is 37.7 Å². The zero-order valence-corrected chi connectivity index (χ0v) is 20.5. The highest BCUT2D eigenvalue weighted by molar-refractivity contribution is 6.30. The molecule has 1 saturated heterocycles. The van der Waals surface area contributed by atoms with E-state index in [4.69, 9.17) is 26.7 Å². The van der Waals surface area contributed by atoms with Crippen molar-refractivity contribution in [3.8, 4) is 11.8 Å². The van der Waals surface area contributed by atoms with Gasteiger partial charge in [0.1, 0.15) is 12.4 Å². The maximum atomic E-state index is 10.9. The van der Waals surface area contributed by atoms with Gasteiger partial charge in [0, 0.05) is 36.4 Å². The molecular formula is C28H30ClN3O3. The third-order valence-electron chi connectivity index (χ3n) is 6.37. The molecule has 3 aromatic carbocycles. The summed E-state index contributed by atoms with van der Waals surface area (Å²) in [4.78, 5) is 4.70. The lowest BCUT2D eigenvalue weighted by molar-refractivity contribution is 0.0915. The minimum absolute atomic E-state index is 0.0201. The second-order valence-corrected chi connectivity index (χ2v) is 9.29. The summed E-state index contributed by atoms with van der Waals surface area (Å²) in [5.74, 6) is 0.725. The summed E-state index contributed by atoms with van der Waals surface area (Å²) in [6, 6.07) is 25.4. The minimum Gasteiger partial charge on any atom is -0.491 e. The molecule has 0 aromatic heterocycles. The lowest BCUT2D eigenvalue weighted by Crippen LogP contribution is -2.54. The van der Waals surface area contributed by atoms with E-state index in [2.05, 4.69) is 34.9 Å². The molecule has 35 heavy (non-hydrogen) atoms. The van der Waals surface area contributed by atoms with Crippen molar-refractivity contribution >= 4 is 17.3 Å². The van der Waals surface area contributed by atoms with Crippen LogP contribution in [0.4, 0.5) is 5.69 Å². The monoisotopic (exact) mass is 491 g/mol. The molecule has 7 heteroatoms. The van der Waals surface area contributed by atoms with E-state index in [0.717, 1.165) is 35.7 Å². The van der Waals surface area contributed by atoms with Crippen LogP contribution < -0.4 is 9.64 Å². The van der Waals surface area contributed by atoms with Gasteiger partial charge in [0.15, 0.2) is 0 Å². The van der Waals surface area contributed by atoms with Crippen LogP contribution in [0, 0.1) is 11.3 Å². The van der Waals surface area contributed by atoms with Crippen molar-refractivity contribution in [3.05, 3.63) is 94.5 Å². The molecule has 0 saturated carbocycles. The Morgan fingerprint density at radius 1 is 1.03 bits per heavy atom. The van der Waals surface area contributed by atoms with Crippen LogP contribution in [0.15, 0.2) is 72.8 Å². The molecule has 1 aliphatic rings. The Labute approximate surface area is 211 Å². The maximum Gasteiger partial charge on any atom is 0.119 e. The second kappa shape index (κ2) is 11.6. The molecule has 3 atom stereocenters. The topological polar surface area (TPSA) is 80.0 Å². The molecule has 0 amide bonds. The number of aliphatic hydroxyl groups is 2. The number of rotatable bonds is 8. The normalized spacial score (nSPS) is 19.2. The Morgan fingerprint density at radius 3 is 2.34 bits per heavy atom. The number of halogens is 1. The summed E-state index contributed by atoms with van der Waals surface area (Å²) < 4.78 is 5.53. The third kappa shape index (κ3) is 6.14. The van der Waals surface area contributed by atoms with Gasteiger partial charge in [-0.3, -0.25) is 4.90 Å². The summed E-state index contributed by atoms with van der Waals surface area (Å²) in [6.07, 6.45) is -0.643. The lowest BCUT2D eigenvalue weighted by Gasteiger charge is -2.48. The van der Waals surface area contributed by atoms with Crippen molar-refractivity contribution in [1.82, 2.24) is 4.90 Å². The van der Waals surface area contributed by atoms with Gasteiger partial charge in [-0.25, -0.2) is 0 Å². The van der Waals surface area contributed by atoms with Gasteiger partial charge in [-0.05, 0) is 66.6 Å². The highest BCUT2D eigenvalue weighted by Gasteiger charge is 2.34. The SMILES string of the molecule is C[C@@H]1CN(C[C@@H](O)c2ccc(C#N)cc2)C[C@@H](c2ccc(Cl)cc2)N1c1ccc(OCCO)cc1. The molecule has 3 aromatic rings. The first kappa shape index (κ1) is 25.0. The summed E-state index contributed by atoms with van der Waals surface area (Å²) in [5.41, 5.74) is 3.62. The van der Waals surface area contributed by atoms with E-state index in [9.17, 15) is 5.11 Å². The molecular weight excluding hydrogens is 462 g/mol. The van der Waals surface area contributed by atoms with Gasteiger partial charge in [-0.15, -0.1) is 0 Å². The van der Waals surface area contributed by atoms with Crippen LogP contribution >= 0.6 is 11.6 Å². The number of nitrogens with zero attached hydrogens (tertiary/aromatic N) is 3. The molecule has 2 N–H and O–H groups in total. The molecule has 1 fully saturated rings. The molecule has 0 unspecified atom stereocenters. The molecule has 4 rings (SSSR count). The van der Waals surface area contributed by atoms with E-state index >= 15 is 0 Å². The Kier molecular flexibility index (Phi) is 8.27. The number of β-amino-alcohol motifs (C(OH)–C–C–N with tert-alkyl or cyclic N) is 1. The van der Waals surface area contributed by atoms with Crippen LogP contribution in [0.3, 0.4) is 0 Å². The largest absolute Gasteiger partial charge is 0.491 e. The van der Waals surface area contributed by atoms with Crippen LogP contribution in [0.5, 0.6) is 5.75 Å². The summed E-state index contributed by atoms with van der Waals surface area (Å²) in [7, 11) is 0. The minimum atomic E-state index is -0.643. The number of nitriles is 1. The van der Waals surface area contributed by atoms with Crippen molar-refractivity contribution in [1.29, 1.82) is 5.26 Å². The van der Waals surface area contributed by atoms with E-state index in [1.807, 2.05) is 48.5 Å². The molecule has 6 nitrogen and oxygen atoms in total. The standard InChI is InChI=1S/C28H30ClN3O3/c1-20-17-31(19-28(34)23-4-2-21(16-30)3-5-23)18-27(22-6-8-24(29)9-7-22)32(20)25-10-12-26(13-11-25)35-15-14-33/h2-13,20,27-28,33-34H,14-15,17-19H2,1H3/t20-,27+,28-/m1/s1. The Morgan fingerprint density at radius 2 is 1.71 bits per heavy atom. The predicted octanol–water partition coefficient (Wildman–Crippen LogP) is 4.57. The van der Waals surface area contributed by atoms with Gasteiger partial charge in [-0.1, -0.05) is 35.9 Å². The molecule has 1 heterocycles. The smallest absolute Gasteiger partial charge is 0.119 e. The van der Waals surface area contributed by atoms with Crippen LogP contribution in [-0.4, -0.2) is 54.0 Å². The van der Waals surface area contributed by atoms with Gasteiger partial charge >= 0.3 is 0 Å². The Balaban J connectivity index is 1.56. The zero-order chi connectivity index (χ0) is 24.8. The summed E-state index contributed by atoms with van der Waals surface area (Å²) in [5, 5.41) is 29.6. The number of aliphatic hydroxyl groups excluding tert-OH is 2. The zero-order valence-electron chi connectivity index (χ0n) is 19.7. The van der Waals surface area contributed by atoms with E-state index in [1.54, 1.807) is 12.1 Å². The number of anilines is 1. The second-order valence-electron chi connectivity index (χ2n) is 8.86. The molecule has 0 spiro atoms. The molecule has 0 aliphatic carbocycles. The lowest BCUT2D eigenvalue weighted by atomic mass is 9.97. The van der Waals surface area contributed by atoms with Crippen molar-refractivity contribution in [3.63, 3.8) is 0 Å². The van der Waals surface area contributed by atoms with E-state index < -0.39 is 6.10 Å². The molecule has 0 bridgehead atoms. The van der Waals surface area contributed by atoms with Crippen LogP contribution in [0.2, 0.25) is 5.02 Å². The predicted molar refractivity (Wildman–Crippen MR) is 138 cm³/mol. The van der Waals surface area contributed by atoms with Crippen LogP contribution in [0.1, 0.15) is 35.8 Å². The van der Waals surface area contributed by atoms with Gasteiger partial charge in [0.25, 0.3) is 0 Å². The molecule has 1 aliphatic heterocycles. The fourth-order valence-electron chi connectivity index (χ4n) is 4.72. The highest BCUT2D eigenvalue weighted by Crippen LogP contribution is 2.35. The van der Waals surface area contributed by atoms with Crippen LogP contribution in [0.25, 0.3) is 0 Å². The van der Waals surface area contributed by atoms with Crippen molar-refractivity contribution in [2.24, 2.45) is 0 Å². The van der Waals surface area contributed by atoms with Gasteiger partial charge < -0.3 is 19.8 Å². The number of ether oxygens (including phenoxy) is 1. The van der Waals surface area contributed by atoms with Crippen molar-refractivity contribution < 1.29 is 14.9 Å². The van der Waals surface area contributed by atoms with E-state index in [-0.39, 0.29) is 25.3 Å². The first-order chi connectivity index (χ1) is 17.0. The summed E-state index contributed by atoms with van der Waals surface area (Å²) in [6.45, 7) is 4.47. The highest BCUT2D eigenvalue weighted by atomic mass is 35.5. The Bertz CT molecular complexity index is 1130. The van der Waals surface area contributed by atoms with Crippen LogP contribution in [-0.2, 0) is 0 Å². The molecule has 0 radical (unpaired) electrons. The maximum absolute atomic E-state index is 10.9. The number of benzene rings is 3. The number of piperazine rings is 1. The Hall–Kier alpha value is -3.08. The van der Waals surface area contributed by atoms with Gasteiger partial charge in [0.05, 0.1) is 30.4 Å². The molecule has 182 valence electrons. The number of hydrogen-bond donors (Lipinski definition) is 2. The first-order valence-electron chi connectivity index (χ1n) is 11.8. The van der Waals surface area contributed by atoms with Gasteiger partial charge in [-0.2, -0.15) is 5.26 Å². The summed E-state index contributed by atoms with van der Waals surface area (Å²) >= 11 is 6.17. The fraction of sp³-hybridized carbons (Fsp3) is 0.321. The quantitative estimate of drug-likeness (QED) is 0.480. The van der Waals surface area contributed by atoms with Gasteiger partial charge in [0.2, 0.25) is 0 Å². The van der Waals surface area contributed by atoms with Crippen molar-refractivity contribution in [2.45, 2.75) is 25.1 Å².